The Balaban J connectivity index is 1.80. The molecule has 3 rings (SSSR count). The van der Waals surface area contributed by atoms with Gasteiger partial charge in [-0.05, 0) is 51.2 Å². The highest BCUT2D eigenvalue weighted by Crippen LogP contribution is 2.43. The number of hydrazine groups is 1. The van der Waals surface area contributed by atoms with Crippen molar-refractivity contribution in [2.24, 2.45) is 11.1 Å². The van der Waals surface area contributed by atoms with Crippen LogP contribution in [-0.4, -0.2) is 64.7 Å². The molecule has 0 radical (unpaired) electrons. The van der Waals surface area contributed by atoms with Crippen molar-refractivity contribution in [3.05, 3.63) is 42.0 Å². The fourth-order valence-corrected chi connectivity index (χ4v) is 4.70. The van der Waals surface area contributed by atoms with Crippen molar-refractivity contribution in [2.75, 3.05) is 18.4 Å². The number of nitrogens with one attached hydrogen (secondary N) is 3. The van der Waals surface area contributed by atoms with Crippen LogP contribution in [0.2, 0.25) is 0 Å². The number of urea groups is 1. The number of carbonyl (C=O) groups excluding carboxylic acids is 6. The quantitative estimate of drug-likeness (QED) is 0.155. The lowest BCUT2D eigenvalue weighted by Crippen LogP contribution is -2.62. The minimum absolute atomic E-state index is 0.108. The van der Waals surface area contributed by atoms with Gasteiger partial charge in [-0.3, -0.25) is 24.0 Å². The fourth-order valence-electron chi connectivity index (χ4n) is 4.70. The van der Waals surface area contributed by atoms with Gasteiger partial charge in [-0.25, -0.2) is 9.80 Å². The molecule has 7 amide bonds. The molecule has 216 valence electrons. The second kappa shape index (κ2) is 13.7. The van der Waals surface area contributed by atoms with Crippen LogP contribution in [0.15, 0.2) is 36.4 Å². The Morgan fingerprint density at radius 2 is 1.68 bits per heavy atom. The van der Waals surface area contributed by atoms with Gasteiger partial charge in [-0.1, -0.05) is 43.9 Å². The highest BCUT2D eigenvalue weighted by molar-refractivity contribution is 6.15. The predicted molar refractivity (Wildman–Crippen MR) is 147 cm³/mol. The summed E-state index contributed by atoms with van der Waals surface area (Å²) in [7, 11) is 0. The molecule has 1 aromatic carbocycles. The molecule has 0 saturated heterocycles. The lowest BCUT2D eigenvalue weighted by molar-refractivity contribution is -0.179. The average molecular weight is 555 g/mol. The summed E-state index contributed by atoms with van der Waals surface area (Å²) in [6.07, 6.45) is 5.92. The lowest BCUT2D eigenvalue weighted by Gasteiger charge is -2.44. The van der Waals surface area contributed by atoms with Crippen LogP contribution in [0.5, 0.6) is 0 Å². The molecule has 12 heteroatoms. The number of benzene rings is 1. The highest BCUT2D eigenvalue weighted by atomic mass is 16.2. The first-order valence-electron chi connectivity index (χ1n) is 13.7. The topological polar surface area (TPSA) is 171 Å². The van der Waals surface area contributed by atoms with Gasteiger partial charge in [0.15, 0.2) is 0 Å². The van der Waals surface area contributed by atoms with Crippen molar-refractivity contribution in [1.82, 2.24) is 20.7 Å². The summed E-state index contributed by atoms with van der Waals surface area (Å²) >= 11 is 0. The first-order valence-corrected chi connectivity index (χ1v) is 13.7. The second-order valence-electron chi connectivity index (χ2n) is 10.2. The minimum Gasteiger partial charge on any atom is -0.352 e. The van der Waals surface area contributed by atoms with Gasteiger partial charge in [-0.2, -0.15) is 5.01 Å². The van der Waals surface area contributed by atoms with Gasteiger partial charge in [0.25, 0.3) is 17.7 Å². The molecule has 1 fully saturated rings. The van der Waals surface area contributed by atoms with Gasteiger partial charge < -0.3 is 21.7 Å². The van der Waals surface area contributed by atoms with E-state index in [4.69, 9.17) is 5.73 Å². The Labute approximate surface area is 233 Å². The second-order valence-corrected chi connectivity index (χ2v) is 10.2. The maximum Gasteiger partial charge on any atom is 0.312 e. The molecule has 1 aliphatic carbocycles. The Morgan fingerprint density at radius 1 is 1.02 bits per heavy atom. The summed E-state index contributed by atoms with van der Waals surface area (Å²) in [5.41, 5.74) is 5.17. The summed E-state index contributed by atoms with van der Waals surface area (Å²) in [4.78, 5) is 76.8. The number of nitrogens with zero attached hydrogens (tertiary/aromatic N) is 2. The first-order chi connectivity index (χ1) is 19.1. The van der Waals surface area contributed by atoms with Crippen LogP contribution in [0.1, 0.15) is 63.9 Å². The van der Waals surface area contributed by atoms with E-state index in [1.807, 2.05) is 26.0 Å². The summed E-state index contributed by atoms with van der Waals surface area (Å²) in [5.74, 6) is -3.02. The van der Waals surface area contributed by atoms with E-state index in [9.17, 15) is 28.8 Å². The molecule has 1 atom stereocenters. The van der Waals surface area contributed by atoms with E-state index in [-0.39, 0.29) is 32.4 Å². The number of nitrogens with two attached hydrogens (primary N) is 1. The largest absolute Gasteiger partial charge is 0.352 e. The van der Waals surface area contributed by atoms with Crippen LogP contribution in [0, 0.1) is 12.3 Å². The van der Waals surface area contributed by atoms with Crippen molar-refractivity contribution in [2.45, 2.75) is 71.3 Å². The Kier molecular flexibility index (Phi) is 10.4. The number of rotatable bonds is 14. The van der Waals surface area contributed by atoms with Crippen molar-refractivity contribution < 1.29 is 28.8 Å². The fraction of sp³-hybridized carbons (Fsp3) is 0.500. The van der Waals surface area contributed by atoms with Gasteiger partial charge >= 0.3 is 6.03 Å². The number of hydrogen-bond donors (Lipinski definition) is 4. The molecule has 0 aromatic heterocycles. The smallest absolute Gasteiger partial charge is 0.312 e. The van der Waals surface area contributed by atoms with Crippen LogP contribution in [0.3, 0.4) is 0 Å². The molecule has 12 nitrogen and oxygen atoms in total. The minimum atomic E-state index is -1.51. The summed E-state index contributed by atoms with van der Waals surface area (Å²) in [6.45, 7) is 4.21. The van der Waals surface area contributed by atoms with Crippen molar-refractivity contribution >= 4 is 41.3 Å². The molecule has 1 heterocycles. The first kappa shape index (κ1) is 30.3. The summed E-state index contributed by atoms with van der Waals surface area (Å²) < 4.78 is 0. The van der Waals surface area contributed by atoms with Crippen molar-refractivity contribution in [3.63, 3.8) is 0 Å². The van der Waals surface area contributed by atoms with E-state index in [0.29, 0.717) is 24.9 Å². The number of amides is 7. The van der Waals surface area contributed by atoms with Crippen LogP contribution >= 0.6 is 0 Å². The molecule has 0 bridgehead atoms. The van der Waals surface area contributed by atoms with Crippen LogP contribution in [0.25, 0.3) is 0 Å². The van der Waals surface area contributed by atoms with Gasteiger partial charge in [0.05, 0.1) is 0 Å². The molecule has 1 aromatic rings. The predicted octanol–water partition coefficient (Wildman–Crippen LogP) is 1.90. The van der Waals surface area contributed by atoms with Crippen molar-refractivity contribution in [3.8, 4) is 0 Å². The molecule has 40 heavy (non-hydrogen) atoms. The molecule has 5 N–H and O–H groups in total. The zero-order valence-corrected chi connectivity index (χ0v) is 23.0. The third-order valence-corrected chi connectivity index (χ3v) is 7.20. The Bertz CT molecular complexity index is 1140. The number of unbranched alkanes of at least 4 members (excludes halogenated alkanes) is 2. The van der Waals surface area contributed by atoms with E-state index in [0.717, 1.165) is 40.6 Å². The van der Waals surface area contributed by atoms with Gasteiger partial charge in [0.1, 0.15) is 11.5 Å². The van der Waals surface area contributed by atoms with Crippen LogP contribution in [0.4, 0.5) is 10.5 Å². The third kappa shape index (κ3) is 7.25. The SMILES string of the molecule is CCCCCN(C(=O)C1(C(=O)N[C@@H](CCCNC(N)=O)C(=O)Nc2ccc(C)cc2)CCC1)N1C(=O)C=CC1=O. The van der Waals surface area contributed by atoms with Gasteiger partial charge in [-0.15, -0.1) is 0 Å². The molecular formula is C28H38N6O6. The standard InChI is InChI=1S/C28H38N6O6/c1-3-4-5-18-33(34-22(35)13-14-23(34)36)26(39)28(15-7-16-28)25(38)32-21(8-6-17-30-27(29)40)24(37)31-20-11-9-19(2)10-12-20/h9-14,21H,3-8,15-18H2,1-2H3,(H,31,37)(H,32,38)(H3,29,30,40)/t21-/m0/s1. The van der Waals surface area contributed by atoms with E-state index in [1.54, 1.807) is 12.1 Å². The summed E-state index contributed by atoms with van der Waals surface area (Å²) in [5, 5.41) is 9.88. The van der Waals surface area contributed by atoms with E-state index >= 15 is 0 Å². The molecule has 2 aliphatic rings. The zero-order valence-electron chi connectivity index (χ0n) is 23.0. The lowest BCUT2D eigenvalue weighted by atomic mass is 9.67. The van der Waals surface area contributed by atoms with Crippen LogP contribution < -0.4 is 21.7 Å². The third-order valence-electron chi connectivity index (χ3n) is 7.20. The Morgan fingerprint density at radius 3 is 2.23 bits per heavy atom. The molecular weight excluding hydrogens is 516 g/mol. The number of anilines is 1. The van der Waals surface area contributed by atoms with E-state index in [1.165, 1.54) is 0 Å². The number of hydrogen-bond acceptors (Lipinski definition) is 6. The van der Waals surface area contributed by atoms with E-state index in [2.05, 4.69) is 16.0 Å². The monoisotopic (exact) mass is 554 g/mol. The average Bonchev–Trinajstić information content (AvgIpc) is 3.21. The molecule has 1 saturated carbocycles. The maximum absolute atomic E-state index is 13.9. The molecule has 0 spiro atoms. The molecule has 1 aliphatic heterocycles. The van der Waals surface area contributed by atoms with Crippen LogP contribution in [-0.2, 0) is 24.0 Å². The maximum atomic E-state index is 13.9. The van der Waals surface area contributed by atoms with Crippen molar-refractivity contribution in [1.29, 1.82) is 0 Å². The number of primary amides is 1. The van der Waals surface area contributed by atoms with Gasteiger partial charge in [0.2, 0.25) is 11.8 Å². The number of imide groups is 1. The molecule has 0 unspecified atom stereocenters. The number of carbonyl (C=O) groups is 6. The number of aryl methyl sites for hydroxylation is 1. The highest BCUT2D eigenvalue weighted by Gasteiger charge is 2.55. The zero-order chi connectivity index (χ0) is 29.3. The van der Waals surface area contributed by atoms with Gasteiger partial charge in [0, 0.05) is 30.9 Å². The summed E-state index contributed by atoms with van der Waals surface area (Å²) in [6, 6.07) is 5.44. The van der Waals surface area contributed by atoms with E-state index < -0.39 is 47.0 Å². The normalized spacial score (nSPS) is 16.2. The Hall–Kier alpha value is -4.22.